The Labute approximate surface area is 136 Å². The lowest BCUT2D eigenvalue weighted by Gasteiger charge is -2.34. The summed E-state index contributed by atoms with van der Waals surface area (Å²) in [7, 11) is 0. The van der Waals surface area contributed by atoms with E-state index in [0.717, 1.165) is 24.4 Å². The topological polar surface area (TPSA) is 12.0 Å². The van der Waals surface area contributed by atoms with Crippen LogP contribution in [0.5, 0.6) is 0 Å². The normalized spacial score (nSPS) is 24.0. The minimum Gasteiger partial charge on any atom is -0.310 e. The second-order valence-electron chi connectivity index (χ2n) is 6.29. The van der Waals surface area contributed by atoms with Gasteiger partial charge in [-0.2, -0.15) is 0 Å². The van der Waals surface area contributed by atoms with E-state index in [0.29, 0.717) is 16.4 Å². The SMILES string of the molecule is CCCNC(c1ccc(Br)c(F)c1)C1CCC(CC)CC1. The lowest BCUT2D eigenvalue weighted by Crippen LogP contribution is -2.31. The molecular formula is C18H27BrFN. The molecule has 1 aromatic carbocycles. The molecule has 0 heterocycles. The molecule has 1 N–H and O–H groups in total. The van der Waals surface area contributed by atoms with Crippen molar-refractivity contribution in [2.24, 2.45) is 11.8 Å². The van der Waals surface area contributed by atoms with Crippen molar-refractivity contribution in [2.45, 2.75) is 58.4 Å². The Bertz CT molecular complexity index is 441. The van der Waals surface area contributed by atoms with Crippen LogP contribution in [0.15, 0.2) is 22.7 Å². The molecule has 1 aromatic rings. The Morgan fingerprint density at radius 3 is 2.52 bits per heavy atom. The van der Waals surface area contributed by atoms with Crippen molar-refractivity contribution in [2.75, 3.05) is 6.54 Å². The summed E-state index contributed by atoms with van der Waals surface area (Å²) in [5.41, 5.74) is 1.10. The smallest absolute Gasteiger partial charge is 0.137 e. The first-order chi connectivity index (χ1) is 10.2. The molecule has 0 spiro atoms. The zero-order valence-electron chi connectivity index (χ0n) is 13.2. The van der Waals surface area contributed by atoms with Crippen LogP contribution in [0.1, 0.15) is 64.0 Å². The first-order valence-electron chi connectivity index (χ1n) is 8.34. The van der Waals surface area contributed by atoms with E-state index in [4.69, 9.17) is 0 Å². The molecule has 118 valence electrons. The maximum absolute atomic E-state index is 13.9. The van der Waals surface area contributed by atoms with Gasteiger partial charge in [0.1, 0.15) is 5.82 Å². The van der Waals surface area contributed by atoms with Crippen LogP contribution in [0.25, 0.3) is 0 Å². The molecule has 0 bridgehead atoms. The fourth-order valence-corrected chi connectivity index (χ4v) is 3.74. The van der Waals surface area contributed by atoms with Gasteiger partial charge in [0.2, 0.25) is 0 Å². The summed E-state index contributed by atoms with van der Waals surface area (Å²) in [5.74, 6) is 1.38. The van der Waals surface area contributed by atoms with Gasteiger partial charge in [-0.3, -0.25) is 0 Å². The molecule has 1 saturated carbocycles. The van der Waals surface area contributed by atoms with Gasteiger partial charge in [-0.05, 0) is 71.3 Å². The van der Waals surface area contributed by atoms with Gasteiger partial charge in [0.25, 0.3) is 0 Å². The van der Waals surface area contributed by atoms with Gasteiger partial charge in [0.05, 0.1) is 4.47 Å². The molecule has 0 radical (unpaired) electrons. The van der Waals surface area contributed by atoms with E-state index in [-0.39, 0.29) is 5.82 Å². The monoisotopic (exact) mass is 355 g/mol. The van der Waals surface area contributed by atoms with Gasteiger partial charge in [-0.1, -0.05) is 39.2 Å². The Balaban J connectivity index is 2.12. The standard InChI is InChI=1S/C18H27BrFN/c1-3-11-21-18(14-7-5-13(4-2)6-8-14)15-9-10-16(19)17(20)12-15/h9-10,12-14,18,21H,3-8,11H2,1-2H3. The van der Waals surface area contributed by atoms with Crippen LogP contribution in [0.2, 0.25) is 0 Å². The van der Waals surface area contributed by atoms with Crippen molar-refractivity contribution in [1.82, 2.24) is 5.32 Å². The first-order valence-corrected chi connectivity index (χ1v) is 9.13. The highest BCUT2D eigenvalue weighted by Crippen LogP contribution is 2.38. The van der Waals surface area contributed by atoms with E-state index in [9.17, 15) is 4.39 Å². The number of hydrogen-bond acceptors (Lipinski definition) is 1. The average Bonchev–Trinajstić information content (AvgIpc) is 2.51. The van der Waals surface area contributed by atoms with Crippen LogP contribution in [0, 0.1) is 17.7 Å². The summed E-state index contributed by atoms with van der Waals surface area (Å²) in [4.78, 5) is 0. The zero-order chi connectivity index (χ0) is 15.2. The van der Waals surface area contributed by atoms with Crippen LogP contribution < -0.4 is 5.32 Å². The van der Waals surface area contributed by atoms with Crippen LogP contribution in [-0.4, -0.2) is 6.54 Å². The van der Waals surface area contributed by atoms with Crippen molar-refractivity contribution in [3.05, 3.63) is 34.1 Å². The summed E-state index contributed by atoms with van der Waals surface area (Å²) in [6, 6.07) is 5.89. The van der Waals surface area contributed by atoms with Crippen molar-refractivity contribution < 1.29 is 4.39 Å². The summed E-state index contributed by atoms with van der Waals surface area (Å²) >= 11 is 3.25. The van der Waals surface area contributed by atoms with Gasteiger partial charge in [-0.25, -0.2) is 4.39 Å². The van der Waals surface area contributed by atoms with Gasteiger partial charge >= 0.3 is 0 Å². The number of halogens is 2. The molecule has 0 amide bonds. The molecule has 3 heteroatoms. The molecule has 1 aliphatic rings. The van der Waals surface area contributed by atoms with Gasteiger partial charge in [-0.15, -0.1) is 0 Å². The highest BCUT2D eigenvalue weighted by molar-refractivity contribution is 9.10. The van der Waals surface area contributed by atoms with Crippen molar-refractivity contribution in [1.29, 1.82) is 0 Å². The summed E-state index contributed by atoms with van der Waals surface area (Å²) in [6.45, 7) is 5.47. The largest absolute Gasteiger partial charge is 0.310 e. The Kier molecular flexibility index (Phi) is 6.69. The fourth-order valence-electron chi connectivity index (χ4n) is 3.49. The molecule has 1 unspecified atom stereocenters. The first kappa shape index (κ1) is 17.0. The maximum Gasteiger partial charge on any atom is 0.137 e. The predicted octanol–water partition coefficient (Wildman–Crippen LogP) is 5.85. The number of nitrogens with one attached hydrogen (secondary N) is 1. The lowest BCUT2D eigenvalue weighted by atomic mass is 9.76. The molecule has 21 heavy (non-hydrogen) atoms. The summed E-state index contributed by atoms with van der Waals surface area (Å²) in [6.07, 6.45) is 7.58. The van der Waals surface area contributed by atoms with E-state index in [1.165, 1.54) is 32.1 Å². The molecular weight excluding hydrogens is 329 g/mol. The minimum atomic E-state index is -0.155. The molecule has 1 aliphatic carbocycles. The Hall–Kier alpha value is -0.410. The molecule has 2 rings (SSSR count). The van der Waals surface area contributed by atoms with Crippen molar-refractivity contribution in [3.63, 3.8) is 0 Å². The number of rotatable bonds is 6. The van der Waals surface area contributed by atoms with Crippen LogP contribution in [0.4, 0.5) is 4.39 Å². The third kappa shape index (κ3) is 4.53. The predicted molar refractivity (Wildman–Crippen MR) is 90.9 cm³/mol. The quantitative estimate of drug-likeness (QED) is 0.675. The van der Waals surface area contributed by atoms with Crippen molar-refractivity contribution >= 4 is 15.9 Å². The average molecular weight is 356 g/mol. The van der Waals surface area contributed by atoms with Gasteiger partial charge in [0.15, 0.2) is 0 Å². The fraction of sp³-hybridized carbons (Fsp3) is 0.667. The molecule has 0 aliphatic heterocycles. The second-order valence-corrected chi connectivity index (χ2v) is 7.15. The molecule has 0 aromatic heterocycles. The summed E-state index contributed by atoms with van der Waals surface area (Å²) < 4.78 is 14.4. The van der Waals surface area contributed by atoms with E-state index < -0.39 is 0 Å². The number of benzene rings is 1. The van der Waals surface area contributed by atoms with E-state index >= 15 is 0 Å². The van der Waals surface area contributed by atoms with Crippen LogP contribution >= 0.6 is 15.9 Å². The summed E-state index contributed by atoms with van der Waals surface area (Å²) in [5, 5.41) is 3.65. The minimum absolute atomic E-state index is 0.155. The molecule has 1 atom stereocenters. The molecule has 0 saturated heterocycles. The van der Waals surface area contributed by atoms with Crippen LogP contribution in [0.3, 0.4) is 0 Å². The zero-order valence-corrected chi connectivity index (χ0v) is 14.8. The van der Waals surface area contributed by atoms with Gasteiger partial charge in [0, 0.05) is 6.04 Å². The Morgan fingerprint density at radius 1 is 1.24 bits per heavy atom. The second kappa shape index (κ2) is 8.28. The molecule has 1 nitrogen and oxygen atoms in total. The van der Waals surface area contributed by atoms with Gasteiger partial charge < -0.3 is 5.32 Å². The Morgan fingerprint density at radius 2 is 1.95 bits per heavy atom. The van der Waals surface area contributed by atoms with Crippen molar-refractivity contribution in [3.8, 4) is 0 Å². The third-order valence-corrected chi connectivity index (χ3v) is 5.50. The lowest BCUT2D eigenvalue weighted by molar-refractivity contribution is 0.218. The highest BCUT2D eigenvalue weighted by atomic mass is 79.9. The maximum atomic E-state index is 13.9. The van der Waals surface area contributed by atoms with E-state index in [1.54, 1.807) is 6.07 Å². The van der Waals surface area contributed by atoms with Crippen LogP contribution in [-0.2, 0) is 0 Å². The third-order valence-electron chi connectivity index (χ3n) is 4.86. The highest BCUT2D eigenvalue weighted by Gasteiger charge is 2.28. The molecule has 1 fully saturated rings. The number of hydrogen-bond donors (Lipinski definition) is 1. The van der Waals surface area contributed by atoms with E-state index in [2.05, 4.69) is 41.2 Å². The van der Waals surface area contributed by atoms with E-state index in [1.807, 2.05) is 6.07 Å².